The quantitative estimate of drug-likeness (QED) is 0.173. The molecule has 0 fully saturated rings. The van der Waals surface area contributed by atoms with Gasteiger partial charge in [-0.05, 0) is 106 Å². The first-order chi connectivity index (χ1) is 42.6. The molecule has 20 aromatic rings. The van der Waals surface area contributed by atoms with E-state index in [9.17, 15) is 0 Å². The van der Waals surface area contributed by atoms with Gasteiger partial charge in [0.15, 0.2) is 0 Å². The van der Waals surface area contributed by atoms with Crippen molar-refractivity contribution in [1.82, 2.24) is 29.1 Å². The summed E-state index contributed by atoms with van der Waals surface area (Å²) >= 11 is 1.71. The van der Waals surface area contributed by atoms with E-state index in [1.54, 1.807) is 11.3 Å². The zero-order valence-electron chi connectivity index (χ0n) is 45.6. The molecule has 9 nitrogen and oxygen atoms in total. The molecular weight excluding hydrogens is 1080 g/mol. The number of hydrogen-bond donors (Lipinski definition) is 0. The normalized spacial score (nSPS) is 12.2. The van der Waals surface area contributed by atoms with Crippen LogP contribution in [0.25, 0.3) is 186 Å². The van der Waals surface area contributed by atoms with Crippen LogP contribution < -0.4 is 0 Å². The van der Waals surface area contributed by atoms with Crippen LogP contribution in [-0.4, -0.2) is 29.1 Å². The van der Waals surface area contributed by atoms with Gasteiger partial charge in [-0.1, -0.05) is 170 Å². The van der Waals surface area contributed by atoms with Gasteiger partial charge in [-0.2, -0.15) is 4.98 Å². The standard InChI is InChI=1S/C38H21N3O2.C38H21N3OS/c1-2-10-23-20-31-29(19-22(23)9-1)25-11-3-6-14-30(25)41(31)38-39-36(35-28-13-5-8-16-33(28)43-37(35)40-38)24-17-18-27-26-12-4-7-15-32(26)42-34(27)21-24;1-2-10-23-20-31-29(19-22(23)9-1)25-11-3-6-14-30(25)41(31)38-39-36(35-28-13-5-8-16-34(28)43-37(35)40-38)24-17-18-27-26-12-4-7-15-32(26)42-33(27)21-24/h2*1-21H. The van der Waals surface area contributed by atoms with Crippen LogP contribution in [0.2, 0.25) is 0 Å². The summed E-state index contributed by atoms with van der Waals surface area (Å²) in [5, 5.41) is 18.0. The van der Waals surface area contributed by atoms with Gasteiger partial charge < -0.3 is 13.3 Å². The molecule has 12 aromatic carbocycles. The summed E-state index contributed by atoms with van der Waals surface area (Å²) in [7, 11) is 0. The smallest absolute Gasteiger partial charge is 0.238 e. The fraction of sp³-hybridized carbons (Fsp3) is 0. The SMILES string of the molecule is c1ccc2cc3c(cc2c1)c1ccccc1n3-c1nc(-c2ccc3c(c2)oc2ccccc23)c2c(n1)oc1ccccc12.c1ccc2cc3c(cc2c1)c1ccccc1n3-c1nc(-c2ccc3c(c2)oc2ccccc23)c2c(n1)sc1ccccc12. The third-order valence-corrected chi connectivity index (χ3v) is 18.3. The number of para-hydroxylation sites is 5. The maximum Gasteiger partial charge on any atom is 0.238 e. The second-order valence-corrected chi connectivity index (χ2v) is 23.1. The van der Waals surface area contributed by atoms with Gasteiger partial charge in [0, 0.05) is 75.1 Å². The molecule has 0 saturated heterocycles. The van der Waals surface area contributed by atoms with Crippen LogP contribution in [0.15, 0.2) is 268 Å². The first-order valence-electron chi connectivity index (χ1n) is 28.7. The van der Waals surface area contributed by atoms with E-state index in [0.717, 1.165) is 126 Å². The zero-order chi connectivity index (χ0) is 56.1. The van der Waals surface area contributed by atoms with Crippen LogP contribution >= 0.6 is 11.3 Å². The Balaban J connectivity index is 0.000000126. The third-order valence-electron chi connectivity index (χ3n) is 17.2. The van der Waals surface area contributed by atoms with Crippen LogP contribution in [0.4, 0.5) is 0 Å². The van der Waals surface area contributed by atoms with Gasteiger partial charge in [-0.25, -0.2) is 15.0 Å². The highest BCUT2D eigenvalue weighted by molar-refractivity contribution is 7.25. The van der Waals surface area contributed by atoms with E-state index < -0.39 is 0 Å². The number of rotatable bonds is 4. The average molecular weight is 1120 g/mol. The first-order valence-corrected chi connectivity index (χ1v) is 29.5. The summed E-state index contributed by atoms with van der Waals surface area (Å²) in [6.07, 6.45) is 0. The molecule has 20 rings (SSSR count). The molecule has 0 spiro atoms. The number of nitrogens with zero attached hydrogens (tertiary/aromatic N) is 6. The summed E-state index contributed by atoms with van der Waals surface area (Å²) in [5.74, 6) is 1.23. The van der Waals surface area contributed by atoms with Crippen molar-refractivity contribution >= 4 is 163 Å². The van der Waals surface area contributed by atoms with Gasteiger partial charge in [-0.3, -0.25) is 9.13 Å². The van der Waals surface area contributed by atoms with E-state index in [2.05, 4.69) is 215 Å². The van der Waals surface area contributed by atoms with Crippen molar-refractivity contribution in [3.8, 4) is 34.4 Å². The fourth-order valence-electron chi connectivity index (χ4n) is 13.3. The first kappa shape index (κ1) is 47.1. The van der Waals surface area contributed by atoms with Crippen molar-refractivity contribution < 1.29 is 13.3 Å². The molecule has 0 atom stereocenters. The molecule has 0 aliphatic rings. The van der Waals surface area contributed by atoms with Crippen molar-refractivity contribution in [1.29, 1.82) is 0 Å². The Labute approximate surface area is 491 Å². The average Bonchev–Trinajstić information content (AvgIpc) is 3.47. The maximum absolute atomic E-state index is 6.40. The molecule has 0 aliphatic carbocycles. The van der Waals surface area contributed by atoms with Crippen LogP contribution in [0.1, 0.15) is 0 Å². The van der Waals surface area contributed by atoms with E-state index >= 15 is 0 Å². The Hall–Kier alpha value is -11.5. The van der Waals surface area contributed by atoms with E-state index in [4.69, 9.17) is 33.2 Å². The van der Waals surface area contributed by atoms with Crippen molar-refractivity contribution in [3.05, 3.63) is 255 Å². The molecule has 0 amide bonds. The molecule has 400 valence electrons. The highest BCUT2D eigenvalue weighted by atomic mass is 32.1. The number of fused-ring (bicyclic) bond motifs is 20. The largest absolute Gasteiger partial charge is 0.456 e. The van der Waals surface area contributed by atoms with Gasteiger partial charge in [0.2, 0.25) is 17.6 Å². The second-order valence-electron chi connectivity index (χ2n) is 22.1. The summed E-state index contributed by atoms with van der Waals surface area (Å²) in [6.45, 7) is 0. The van der Waals surface area contributed by atoms with Crippen molar-refractivity contribution in [2.24, 2.45) is 0 Å². The van der Waals surface area contributed by atoms with Crippen LogP contribution in [0.5, 0.6) is 0 Å². The predicted octanol–water partition coefficient (Wildman–Crippen LogP) is 20.9. The summed E-state index contributed by atoms with van der Waals surface area (Å²) in [4.78, 5) is 22.0. The fourth-order valence-corrected chi connectivity index (χ4v) is 14.4. The predicted molar refractivity (Wildman–Crippen MR) is 353 cm³/mol. The maximum atomic E-state index is 6.40. The lowest BCUT2D eigenvalue weighted by Crippen LogP contribution is -2.02. The molecule has 10 heteroatoms. The molecule has 8 aromatic heterocycles. The van der Waals surface area contributed by atoms with Crippen molar-refractivity contribution in [2.75, 3.05) is 0 Å². The Kier molecular flexibility index (Phi) is 9.86. The number of thiophene rings is 1. The number of hydrogen-bond acceptors (Lipinski definition) is 8. The van der Waals surface area contributed by atoms with Gasteiger partial charge in [0.05, 0.1) is 38.8 Å². The highest BCUT2D eigenvalue weighted by Gasteiger charge is 2.24. The second kappa shape index (κ2) is 18.0. The molecule has 86 heavy (non-hydrogen) atoms. The van der Waals surface area contributed by atoms with E-state index in [-0.39, 0.29) is 0 Å². The molecule has 0 radical (unpaired) electrons. The Bertz CT molecular complexity index is 5870. The number of aromatic nitrogens is 6. The van der Waals surface area contributed by atoms with Gasteiger partial charge in [-0.15, -0.1) is 11.3 Å². The molecule has 0 aliphatic heterocycles. The third kappa shape index (κ3) is 6.99. The summed E-state index contributed by atoms with van der Waals surface area (Å²) in [6, 6.07) is 88.7. The lowest BCUT2D eigenvalue weighted by Gasteiger charge is -2.10. The summed E-state index contributed by atoms with van der Waals surface area (Å²) in [5.41, 5.74) is 12.7. The monoisotopic (exact) mass is 1120 g/mol. The molecule has 0 saturated carbocycles. The van der Waals surface area contributed by atoms with Crippen molar-refractivity contribution in [3.63, 3.8) is 0 Å². The van der Waals surface area contributed by atoms with Gasteiger partial charge in [0.1, 0.15) is 32.7 Å². The van der Waals surface area contributed by atoms with Crippen LogP contribution in [-0.2, 0) is 0 Å². The Morgan fingerprint density at radius 1 is 0.279 bits per heavy atom. The van der Waals surface area contributed by atoms with Crippen molar-refractivity contribution in [2.45, 2.75) is 0 Å². The highest BCUT2D eigenvalue weighted by Crippen LogP contribution is 2.44. The van der Waals surface area contributed by atoms with E-state index in [0.29, 0.717) is 17.6 Å². The number of furan rings is 3. The minimum absolute atomic E-state index is 0.553. The van der Waals surface area contributed by atoms with E-state index in [1.807, 2.05) is 48.5 Å². The zero-order valence-corrected chi connectivity index (χ0v) is 46.4. The molecule has 0 N–H and O–H groups in total. The molecule has 0 bridgehead atoms. The van der Waals surface area contributed by atoms with Gasteiger partial charge in [0.25, 0.3) is 0 Å². The van der Waals surface area contributed by atoms with Crippen LogP contribution in [0, 0.1) is 0 Å². The summed E-state index contributed by atoms with van der Waals surface area (Å²) < 4.78 is 24.6. The minimum Gasteiger partial charge on any atom is -0.456 e. The molecule has 0 unspecified atom stereocenters. The molecular formula is C76H42N6O3S. The number of benzene rings is 12. The Morgan fingerprint density at radius 3 is 1.26 bits per heavy atom. The molecule has 8 heterocycles. The van der Waals surface area contributed by atoms with Crippen LogP contribution in [0.3, 0.4) is 0 Å². The lowest BCUT2D eigenvalue weighted by atomic mass is 10.0. The Morgan fingerprint density at radius 2 is 0.698 bits per heavy atom. The lowest BCUT2D eigenvalue weighted by molar-refractivity contribution is 0.651. The van der Waals surface area contributed by atoms with E-state index in [1.165, 1.54) is 42.4 Å². The minimum atomic E-state index is 0.553. The van der Waals surface area contributed by atoms with Gasteiger partial charge >= 0.3 is 0 Å². The topological polar surface area (TPSA) is 101 Å².